The van der Waals surface area contributed by atoms with Crippen LogP contribution in [0.25, 0.3) is 10.8 Å². The van der Waals surface area contributed by atoms with Crippen LogP contribution in [0.1, 0.15) is 22.8 Å². The molecule has 1 amide bonds. The summed E-state index contributed by atoms with van der Waals surface area (Å²) in [5.74, 6) is -0.188. The van der Waals surface area contributed by atoms with Gasteiger partial charge in [0, 0.05) is 5.56 Å². The van der Waals surface area contributed by atoms with Gasteiger partial charge in [-0.1, -0.05) is 60.7 Å². The van der Waals surface area contributed by atoms with E-state index in [-0.39, 0.29) is 12.5 Å². The Morgan fingerprint density at radius 3 is 2.35 bits per heavy atom. The number of hydrogen-bond acceptors (Lipinski definition) is 2. The van der Waals surface area contributed by atoms with Crippen LogP contribution in [0.5, 0.6) is 0 Å². The predicted octanol–water partition coefficient (Wildman–Crippen LogP) is 3.48. The number of carbonyl (C=O) groups is 1. The fourth-order valence-electron chi connectivity index (χ4n) is 2.58. The first-order chi connectivity index (χ1) is 11.1. The van der Waals surface area contributed by atoms with Crippen LogP contribution in [0.15, 0.2) is 72.8 Å². The van der Waals surface area contributed by atoms with Crippen LogP contribution in [0.4, 0.5) is 0 Å². The van der Waals surface area contributed by atoms with Crippen LogP contribution in [-0.2, 0) is 5.60 Å². The summed E-state index contributed by atoms with van der Waals surface area (Å²) in [6.07, 6.45) is 0. The van der Waals surface area contributed by atoms with E-state index in [2.05, 4.69) is 5.32 Å². The number of rotatable bonds is 4. The van der Waals surface area contributed by atoms with Crippen LogP contribution in [0.2, 0.25) is 0 Å². The topological polar surface area (TPSA) is 49.3 Å². The molecule has 3 heteroatoms. The smallest absolute Gasteiger partial charge is 0.251 e. The summed E-state index contributed by atoms with van der Waals surface area (Å²) >= 11 is 0. The van der Waals surface area contributed by atoms with Crippen LogP contribution < -0.4 is 5.32 Å². The molecule has 0 saturated carbocycles. The second-order valence-electron chi connectivity index (χ2n) is 5.88. The number of amides is 1. The summed E-state index contributed by atoms with van der Waals surface area (Å²) in [6, 6.07) is 22.8. The normalized spacial score (nSPS) is 13.5. The zero-order valence-electron chi connectivity index (χ0n) is 13.0. The third-order valence-corrected chi connectivity index (χ3v) is 4.00. The van der Waals surface area contributed by atoms with E-state index in [1.165, 1.54) is 0 Å². The highest BCUT2D eigenvalue weighted by Gasteiger charge is 2.23. The van der Waals surface area contributed by atoms with E-state index in [9.17, 15) is 9.90 Å². The van der Waals surface area contributed by atoms with Gasteiger partial charge in [0.25, 0.3) is 5.91 Å². The fraction of sp³-hybridized carbons (Fsp3) is 0.150. The number of carbonyl (C=O) groups excluding carboxylic acids is 1. The maximum atomic E-state index is 12.3. The SMILES string of the molecule is CC(O)(CNC(=O)c1ccc2ccccc2c1)c1ccccc1. The number of benzene rings is 3. The minimum Gasteiger partial charge on any atom is -0.384 e. The van der Waals surface area contributed by atoms with Gasteiger partial charge in [0.15, 0.2) is 0 Å². The molecular formula is C20H19NO2. The maximum Gasteiger partial charge on any atom is 0.251 e. The quantitative estimate of drug-likeness (QED) is 0.775. The lowest BCUT2D eigenvalue weighted by atomic mass is 9.96. The summed E-state index contributed by atoms with van der Waals surface area (Å²) in [6.45, 7) is 1.85. The van der Waals surface area contributed by atoms with Crippen LogP contribution >= 0.6 is 0 Å². The van der Waals surface area contributed by atoms with Crippen molar-refractivity contribution >= 4 is 16.7 Å². The Balaban J connectivity index is 1.73. The molecule has 3 rings (SSSR count). The van der Waals surface area contributed by atoms with Crippen molar-refractivity contribution in [1.29, 1.82) is 0 Å². The Morgan fingerprint density at radius 2 is 1.61 bits per heavy atom. The largest absolute Gasteiger partial charge is 0.384 e. The van der Waals surface area contributed by atoms with E-state index >= 15 is 0 Å². The lowest BCUT2D eigenvalue weighted by Gasteiger charge is -2.24. The molecule has 0 aliphatic carbocycles. The molecule has 116 valence electrons. The van der Waals surface area contributed by atoms with Crippen molar-refractivity contribution in [3.8, 4) is 0 Å². The highest BCUT2D eigenvalue weighted by atomic mass is 16.3. The van der Waals surface area contributed by atoms with Gasteiger partial charge in [0.1, 0.15) is 5.60 Å². The van der Waals surface area contributed by atoms with E-state index in [0.29, 0.717) is 5.56 Å². The molecule has 0 spiro atoms. The average molecular weight is 305 g/mol. The van der Waals surface area contributed by atoms with E-state index in [0.717, 1.165) is 16.3 Å². The van der Waals surface area contributed by atoms with Gasteiger partial charge in [-0.25, -0.2) is 0 Å². The van der Waals surface area contributed by atoms with Crippen molar-refractivity contribution in [1.82, 2.24) is 5.32 Å². The first kappa shape index (κ1) is 15.3. The van der Waals surface area contributed by atoms with E-state index in [1.54, 1.807) is 13.0 Å². The first-order valence-corrected chi connectivity index (χ1v) is 7.61. The molecule has 3 aromatic rings. The molecule has 3 aromatic carbocycles. The Kier molecular flexibility index (Phi) is 4.13. The molecule has 0 bridgehead atoms. The molecule has 0 aromatic heterocycles. The molecule has 23 heavy (non-hydrogen) atoms. The standard InChI is InChI=1S/C20H19NO2/c1-20(23,18-9-3-2-4-10-18)14-21-19(22)17-12-11-15-7-5-6-8-16(15)13-17/h2-13,23H,14H2,1H3,(H,21,22). The van der Waals surface area contributed by atoms with Gasteiger partial charge in [-0.2, -0.15) is 0 Å². The first-order valence-electron chi connectivity index (χ1n) is 7.61. The molecule has 0 heterocycles. The Labute approximate surface area is 135 Å². The molecule has 0 saturated heterocycles. The lowest BCUT2D eigenvalue weighted by Crippen LogP contribution is -2.38. The zero-order chi connectivity index (χ0) is 16.3. The van der Waals surface area contributed by atoms with Crippen LogP contribution in [0, 0.1) is 0 Å². The van der Waals surface area contributed by atoms with Crippen molar-refractivity contribution in [2.24, 2.45) is 0 Å². The molecular weight excluding hydrogens is 286 g/mol. The van der Waals surface area contributed by atoms with Gasteiger partial charge >= 0.3 is 0 Å². The summed E-state index contributed by atoms with van der Waals surface area (Å²) in [5.41, 5.74) is 0.264. The number of fused-ring (bicyclic) bond motifs is 1. The molecule has 0 aliphatic rings. The summed E-state index contributed by atoms with van der Waals surface area (Å²) < 4.78 is 0. The summed E-state index contributed by atoms with van der Waals surface area (Å²) in [4.78, 5) is 12.3. The monoisotopic (exact) mass is 305 g/mol. The molecule has 0 radical (unpaired) electrons. The van der Waals surface area contributed by atoms with E-state index in [4.69, 9.17) is 0 Å². The third-order valence-electron chi connectivity index (χ3n) is 4.00. The highest BCUT2D eigenvalue weighted by molar-refractivity contribution is 5.98. The summed E-state index contributed by atoms with van der Waals surface area (Å²) in [5, 5.41) is 15.5. The van der Waals surface area contributed by atoms with Crippen molar-refractivity contribution in [2.45, 2.75) is 12.5 Å². The van der Waals surface area contributed by atoms with Crippen LogP contribution in [-0.4, -0.2) is 17.6 Å². The summed E-state index contributed by atoms with van der Waals surface area (Å²) in [7, 11) is 0. The van der Waals surface area contributed by atoms with Gasteiger partial charge in [0.05, 0.1) is 6.54 Å². The zero-order valence-corrected chi connectivity index (χ0v) is 13.0. The van der Waals surface area contributed by atoms with Crippen molar-refractivity contribution < 1.29 is 9.90 Å². The second-order valence-corrected chi connectivity index (χ2v) is 5.88. The van der Waals surface area contributed by atoms with Gasteiger partial charge in [-0.15, -0.1) is 0 Å². The number of hydrogen-bond donors (Lipinski definition) is 2. The van der Waals surface area contributed by atoms with Crippen molar-refractivity contribution in [2.75, 3.05) is 6.54 Å². The number of nitrogens with one attached hydrogen (secondary N) is 1. The van der Waals surface area contributed by atoms with Gasteiger partial charge in [-0.05, 0) is 35.4 Å². The molecule has 0 fully saturated rings. The minimum atomic E-state index is -1.10. The molecule has 1 unspecified atom stereocenters. The fourth-order valence-corrected chi connectivity index (χ4v) is 2.58. The van der Waals surface area contributed by atoms with E-state index in [1.807, 2.05) is 66.7 Å². The van der Waals surface area contributed by atoms with Crippen molar-refractivity contribution in [3.63, 3.8) is 0 Å². The Hall–Kier alpha value is -2.65. The molecule has 1 atom stereocenters. The number of aliphatic hydroxyl groups is 1. The minimum absolute atomic E-state index is 0.155. The third kappa shape index (κ3) is 3.41. The van der Waals surface area contributed by atoms with E-state index < -0.39 is 5.60 Å². The Morgan fingerprint density at radius 1 is 0.957 bits per heavy atom. The lowest BCUT2D eigenvalue weighted by molar-refractivity contribution is 0.0526. The highest BCUT2D eigenvalue weighted by Crippen LogP contribution is 2.20. The van der Waals surface area contributed by atoms with Crippen LogP contribution in [0.3, 0.4) is 0 Å². The Bertz CT molecular complexity index is 825. The average Bonchev–Trinajstić information content (AvgIpc) is 2.60. The molecule has 3 nitrogen and oxygen atoms in total. The van der Waals surface area contributed by atoms with Gasteiger partial charge in [-0.3, -0.25) is 4.79 Å². The molecule has 2 N–H and O–H groups in total. The van der Waals surface area contributed by atoms with Crippen molar-refractivity contribution in [3.05, 3.63) is 83.9 Å². The molecule has 0 aliphatic heterocycles. The maximum absolute atomic E-state index is 12.3. The second kappa shape index (κ2) is 6.23. The predicted molar refractivity (Wildman–Crippen MR) is 92.3 cm³/mol. The van der Waals surface area contributed by atoms with Gasteiger partial charge in [0.2, 0.25) is 0 Å². The van der Waals surface area contributed by atoms with Gasteiger partial charge < -0.3 is 10.4 Å².